The first-order valence-corrected chi connectivity index (χ1v) is 10.8. The van der Waals surface area contributed by atoms with Crippen LogP contribution in [0.3, 0.4) is 0 Å². The zero-order valence-corrected chi connectivity index (χ0v) is 17.1. The summed E-state index contributed by atoms with van der Waals surface area (Å²) in [6, 6.07) is 13.3. The fourth-order valence-electron chi connectivity index (χ4n) is 3.96. The quantitative estimate of drug-likeness (QED) is 0.716. The second kappa shape index (κ2) is 7.11. The molecule has 146 valence electrons. The Hall–Kier alpha value is -2.57. The summed E-state index contributed by atoms with van der Waals surface area (Å²) in [4.78, 5) is 3.77. The van der Waals surface area contributed by atoms with Crippen molar-refractivity contribution in [2.45, 2.75) is 25.2 Å². The number of nitrogens with zero attached hydrogens (tertiary/aromatic N) is 1. The Morgan fingerprint density at radius 1 is 1.11 bits per heavy atom. The van der Waals surface area contributed by atoms with Gasteiger partial charge in [-0.2, -0.15) is 4.31 Å². The molecule has 4 rings (SSSR count). The van der Waals surface area contributed by atoms with Crippen LogP contribution in [-0.4, -0.2) is 37.9 Å². The second-order valence-corrected chi connectivity index (χ2v) is 9.05. The Labute approximate surface area is 165 Å². The van der Waals surface area contributed by atoms with Crippen LogP contribution in [0.5, 0.6) is 5.75 Å². The molecule has 0 fully saturated rings. The summed E-state index contributed by atoms with van der Waals surface area (Å²) in [5.41, 5.74) is 5.33. The van der Waals surface area contributed by atoms with Gasteiger partial charge in [0, 0.05) is 35.2 Å². The number of methoxy groups -OCH3 is 1. The van der Waals surface area contributed by atoms with Gasteiger partial charge in [0.05, 0.1) is 12.0 Å². The maximum atomic E-state index is 13.1. The van der Waals surface area contributed by atoms with Gasteiger partial charge in [-0.15, -0.1) is 0 Å². The molecule has 0 unspecified atom stereocenters. The zero-order chi connectivity index (χ0) is 19.9. The van der Waals surface area contributed by atoms with E-state index >= 15 is 0 Å². The van der Waals surface area contributed by atoms with Crippen molar-refractivity contribution in [3.05, 3.63) is 65.4 Å². The number of ether oxygens (including phenoxy) is 1. The van der Waals surface area contributed by atoms with Crippen molar-refractivity contribution < 1.29 is 13.2 Å². The van der Waals surface area contributed by atoms with E-state index in [1.807, 2.05) is 18.2 Å². The van der Waals surface area contributed by atoms with Gasteiger partial charge in [-0.1, -0.05) is 24.3 Å². The molecule has 0 aliphatic carbocycles. The number of aromatic nitrogens is 1. The van der Waals surface area contributed by atoms with Crippen LogP contribution in [0.2, 0.25) is 0 Å². The lowest BCUT2D eigenvalue weighted by molar-refractivity contribution is 0.413. The van der Waals surface area contributed by atoms with E-state index in [1.165, 1.54) is 16.5 Å². The Morgan fingerprint density at radius 2 is 1.89 bits per heavy atom. The van der Waals surface area contributed by atoms with E-state index in [0.717, 1.165) is 11.2 Å². The minimum absolute atomic E-state index is 0.341. The van der Waals surface area contributed by atoms with E-state index in [1.54, 1.807) is 36.5 Å². The van der Waals surface area contributed by atoms with Gasteiger partial charge in [-0.3, -0.25) is 0 Å². The van der Waals surface area contributed by atoms with Gasteiger partial charge in [0.2, 0.25) is 10.0 Å². The molecule has 1 aliphatic heterocycles. The minimum atomic E-state index is -3.54. The number of fused-ring (bicyclic) bond motifs is 1. The maximum absolute atomic E-state index is 13.1. The molecule has 2 heterocycles. The molecule has 0 radical (unpaired) electrons. The number of rotatable bonds is 4. The summed E-state index contributed by atoms with van der Waals surface area (Å²) in [5.74, 6) is 0.659. The molecule has 1 aliphatic rings. The number of aromatic amines is 1. The average molecular weight is 397 g/mol. The minimum Gasteiger partial charge on any atom is -0.497 e. The molecule has 1 aromatic heterocycles. The zero-order valence-electron chi connectivity index (χ0n) is 16.3. The monoisotopic (exact) mass is 396 g/mol. The highest BCUT2D eigenvalue weighted by Crippen LogP contribution is 2.33. The van der Waals surface area contributed by atoms with Gasteiger partial charge < -0.3 is 9.72 Å². The molecule has 2 aromatic carbocycles. The number of H-pyrrole nitrogens is 1. The number of nitrogens with one attached hydrogen (secondary N) is 1. The summed E-state index contributed by atoms with van der Waals surface area (Å²) < 4.78 is 33.0. The topological polar surface area (TPSA) is 62.4 Å². The molecular weight excluding hydrogens is 372 g/mol. The fourth-order valence-corrected chi connectivity index (χ4v) is 5.55. The van der Waals surface area contributed by atoms with Crippen molar-refractivity contribution in [1.82, 2.24) is 9.29 Å². The average Bonchev–Trinajstić information content (AvgIpc) is 3.03. The molecule has 3 aromatic rings. The Morgan fingerprint density at radius 3 is 2.57 bits per heavy atom. The molecule has 28 heavy (non-hydrogen) atoms. The van der Waals surface area contributed by atoms with Gasteiger partial charge in [0.1, 0.15) is 5.75 Å². The van der Waals surface area contributed by atoms with Crippen LogP contribution in [0, 0.1) is 13.8 Å². The van der Waals surface area contributed by atoms with Crippen molar-refractivity contribution in [2.75, 3.05) is 20.2 Å². The van der Waals surface area contributed by atoms with Crippen LogP contribution >= 0.6 is 0 Å². The number of para-hydroxylation sites is 1. The molecule has 0 saturated carbocycles. The first kappa shape index (κ1) is 18.8. The summed E-state index contributed by atoms with van der Waals surface area (Å²) in [6.45, 7) is 4.72. The van der Waals surface area contributed by atoms with E-state index in [-0.39, 0.29) is 0 Å². The molecule has 0 bridgehead atoms. The van der Waals surface area contributed by atoms with Gasteiger partial charge in [-0.25, -0.2) is 8.42 Å². The van der Waals surface area contributed by atoms with Crippen LogP contribution in [0.25, 0.3) is 16.5 Å². The van der Waals surface area contributed by atoms with E-state index < -0.39 is 10.0 Å². The Kier molecular flexibility index (Phi) is 4.77. The van der Waals surface area contributed by atoms with E-state index in [4.69, 9.17) is 4.74 Å². The van der Waals surface area contributed by atoms with Crippen LogP contribution in [-0.2, 0) is 10.0 Å². The van der Waals surface area contributed by atoms with Gasteiger partial charge in [0.15, 0.2) is 0 Å². The summed E-state index contributed by atoms with van der Waals surface area (Å²) in [7, 11) is -1.96. The highest BCUT2D eigenvalue weighted by Gasteiger charge is 2.28. The molecule has 0 spiro atoms. The van der Waals surface area contributed by atoms with E-state index in [0.29, 0.717) is 35.7 Å². The molecule has 0 saturated heterocycles. The van der Waals surface area contributed by atoms with Crippen molar-refractivity contribution >= 4 is 26.5 Å². The van der Waals surface area contributed by atoms with Gasteiger partial charge in [0.25, 0.3) is 0 Å². The number of hydrogen-bond acceptors (Lipinski definition) is 3. The summed E-state index contributed by atoms with van der Waals surface area (Å²) in [5, 5.41) is 1.19. The second-order valence-electron chi connectivity index (χ2n) is 7.14. The number of sulfonamides is 1. The summed E-state index contributed by atoms with van der Waals surface area (Å²) >= 11 is 0. The third-order valence-corrected chi connectivity index (χ3v) is 7.41. The van der Waals surface area contributed by atoms with E-state index in [9.17, 15) is 8.42 Å². The highest BCUT2D eigenvalue weighted by atomic mass is 32.2. The standard InChI is InChI=1S/C22H24N2O3S/c1-15-14-18(27-3)8-9-21(15)28(25,26)24-12-10-17(11-13-24)22-16(2)23-20-7-5-4-6-19(20)22/h4-10,14,23H,11-13H2,1-3H3. The van der Waals surface area contributed by atoms with Crippen LogP contribution in [0.15, 0.2) is 53.4 Å². The number of hydrogen-bond donors (Lipinski definition) is 1. The smallest absolute Gasteiger partial charge is 0.243 e. The SMILES string of the molecule is COc1ccc(S(=O)(=O)N2CC=C(c3c(C)[nH]c4ccccc34)CC2)c(C)c1. The van der Waals surface area contributed by atoms with E-state index in [2.05, 4.69) is 24.0 Å². The van der Waals surface area contributed by atoms with Crippen molar-refractivity contribution in [3.63, 3.8) is 0 Å². The molecule has 6 heteroatoms. The number of benzene rings is 2. The van der Waals surface area contributed by atoms with Gasteiger partial charge in [-0.05, 0) is 55.7 Å². The molecule has 0 amide bonds. The molecule has 0 atom stereocenters. The predicted octanol–water partition coefficient (Wildman–Crippen LogP) is 4.27. The maximum Gasteiger partial charge on any atom is 0.243 e. The lowest BCUT2D eigenvalue weighted by Crippen LogP contribution is -2.35. The van der Waals surface area contributed by atoms with Crippen LogP contribution in [0.1, 0.15) is 23.2 Å². The first-order valence-electron chi connectivity index (χ1n) is 9.33. The lowest BCUT2D eigenvalue weighted by atomic mass is 9.97. The van der Waals surface area contributed by atoms with Crippen molar-refractivity contribution in [3.8, 4) is 5.75 Å². The third-order valence-electron chi connectivity index (χ3n) is 5.39. The van der Waals surface area contributed by atoms with Crippen molar-refractivity contribution in [1.29, 1.82) is 0 Å². The van der Waals surface area contributed by atoms with Crippen LogP contribution in [0.4, 0.5) is 0 Å². The molecular formula is C22H24N2O3S. The number of aryl methyl sites for hydroxylation is 2. The third kappa shape index (κ3) is 3.12. The predicted molar refractivity (Wildman–Crippen MR) is 112 cm³/mol. The first-order chi connectivity index (χ1) is 13.4. The largest absolute Gasteiger partial charge is 0.497 e. The summed E-state index contributed by atoms with van der Waals surface area (Å²) in [6.07, 6.45) is 2.74. The Bertz CT molecular complexity index is 1180. The van der Waals surface area contributed by atoms with Gasteiger partial charge >= 0.3 is 0 Å². The molecule has 1 N–H and O–H groups in total. The highest BCUT2D eigenvalue weighted by molar-refractivity contribution is 7.89. The van der Waals surface area contributed by atoms with Crippen LogP contribution < -0.4 is 4.74 Å². The normalized spacial score (nSPS) is 15.6. The van der Waals surface area contributed by atoms with Crippen molar-refractivity contribution in [2.24, 2.45) is 0 Å². The lowest BCUT2D eigenvalue weighted by Gasteiger charge is -2.27. The Balaban J connectivity index is 1.64. The fraction of sp³-hybridized carbons (Fsp3) is 0.273. The molecule has 5 nitrogen and oxygen atoms in total.